The van der Waals surface area contributed by atoms with Gasteiger partial charge in [0.1, 0.15) is 11.6 Å². The summed E-state index contributed by atoms with van der Waals surface area (Å²) in [5.74, 6) is 2.34. The van der Waals surface area contributed by atoms with Crippen molar-refractivity contribution in [3.05, 3.63) is 28.8 Å². The van der Waals surface area contributed by atoms with E-state index in [1.165, 1.54) is 0 Å². The van der Waals surface area contributed by atoms with Crippen LogP contribution in [0.5, 0.6) is 0 Å². The van der Waals surface area contributed by atoms with Crippen LogP contribution in [0.4, 0.5) is 5.82 Å². The van der Waals surface area contributed by atoms with Gasteiger partial charge in [0.25, 0.3) is 0 Å². The molecule has 0 radical (unpaired) electrons. The van der Waals surface area contributed by atoms with E-state index in [2.05, 4.69) is 48.8 Å². The number of rotatable bonds is 4. The highest BCUT2D eigenvalue weighted by atomic mass is 15.3. The van der Waals surface area contributed by atoms with E-state index in [0.29, 0.717) is 5.82 Å². The fraction of sp³-hybridized carbons (Fsp3) is 0.533. The van der Waals surface area contributed by atoms with Gasteiger partial charge < -0.3 is 5.73 Å². The van der Waals surface area contributed by atoms with Crippen molar-refractivity contribution in [3.8, 4) is 5.82 Å². The molecule has 0 unspecified atom stereocenters. The van der Waals surface area contributed by atoms with Crippen molar-refractivity contribution in [2.45, 2.75) is 53.4 Å². The summed E-state index contributed by atoms with van der Waals surface area (Å²) in [5.41, 5.74) is 9.14. The molecule has 2 rings (SSSR count). The molecular weight excluding hydrogens is 250 g/mol. The molecule has 5 heteroatoms. The first-order valence-corrected chi connectivity index (χ1v) is 7.20. The van der Waals surface area contributed by atoms with Crippen LogP contribution in [-0.4, -0.2) is 19.7 Å². The minimum atomic E-state index is 0.239. The normalized spacial score (nSPS) is 11.3. The first-order valence-electron chi connectivity index (χ1n) is 7.20. The predicted octanol–water partition coefficient (Wildman–Crippen LogP) is 2.80. The Labute approximate surface area is 120 Å². The van der Waals surface area contributed by atoms with Crippen LogP contribution in [0.25, 0.3) is 5.82 Å². The summed E-state index contributed by atoms with van der Waals surface area (Å²) in [4.78, 5) is 9.03. The summed E-state index contributed by atoms with van der Waals surface area (Å²) in [5, 5.41) is 4.64. The van der Waals surface area contributed by atoms with Crippen molar-refractivity contribution in [1.29, 1.82) is 0 Å². The van der Waals surface area contributed by atoms with Crippen LogP contribution in [0.2, 0.25) is 0 Å². The fourth-order valence-electron chi connectivity index (χ4n) is 2.09. The third-order valence-corrected chi connectivity index (χ3v) is 3.45. The first-order chi connectivity index (χ1) is 9.47. The third-order valence-electron chi connectivity index (χ3n) is 3.45. The molecule has 0 saturated heterocycles. The van der Waals surface area contributed by atoms with Gasteiger partial charge in [0.15, 0.2) is 5.82 Å². The number of anilines is 1. The zero-order valence-electron chi connectivity index (χ0n) is 12.9. The molecule has 2 N–H and O–H groups in total. The molecule has 2 aromatic rings. The molecule has 5 nitrogen and oxygen atoms in total. The Morgan fingerprint density at radius 3 is 2.45 bits per heavy atom. The van der Waals surface area contributed by atoms with E-state index in [1.807, 2.05) is 11.6 Å². The Hall–Kier alpha value is -1.91. The molecule has 0 bridgehead atoms. The zero-order valence-corrected chi connectivity index (χ0v) is 12.9. The Kier molecular flexibility index (Phi) is 4.06. The summed E-state index contributed by atoms with van der Waals surface area (Å²) in [6.07, 6.45) is 1.82. The van der Waals surface area contributed by atoms with Crippen molar-refractivity contribution in [2.75, 3.05) is 5.73 Å². The van der Waals surface area contributed by atoms with Gasteiger partial charge in [0.2, 0.25) is 0 Å². The SMILES string of the molecule is CCc1cc(CC)n(-c2nc(C(C)C)nc(N)c2C)n1. The topological polar surface area (TPSA) is 69.6 Å². The summed E-state index contributed by atoms with van der Waals surface area (Å²) in [7, 11) is 0. The van der Waals surface area contributed by atoms with Gasteiger partial charge >= 0.3 is 0 Å². The van der Waals surface area contributed by atoms with Crippen molar-refractivity contribution >= 4 is 5.82 Å². The van der Waals surface area contributed by atoms with Gasteiger partial charge in [-0.3, -0.25) is 0 Å². The van der Waals surface area contributed by atoms with Crippen molar-refractivity contribution < 1.29 is 0 Å². The number of aromatic nitrogens is 4. The molecule has 108 valence electrons. The monoisotopic (exact) mass is 273 g/mol. The molecule has 2 aromatic heterocycles. The van der Waals surface area contributed by atoms with Crippen LogP contribution < -0.4 is 5.73 Å². The maximum Gasteiger partial charge on any atom is 0.162 e. The van der Waals surface area contributed by atoms with Gasteiger partial charge in [-0.15, -0.1) is 0 Å². The van der Waals surface area contributed by atoms with Crippen LogP contribution >= 0.6 is 0 Å². The first kappa shape index (κ1) is 14.5. The lowest BCUT2D eigenvalue weighted by atomic mass is 10.2. The van der Waals surface area contributed by atoms with Gasteiger partial charge in [0, 0.05) is 17.2 Å². The quantitative estimate of drug-likeness (QED) is 0.930. The smallest absolute Gasteiger partial charge is 0.162 e. The maximum absolute atomic E-state index is 6.04. The molecule has 0 aliphatic rings. The molecule has 0 atom stereocenters. The second-order valence-corrected chi connectivity index (χ2v) is 5.32. The average Bonchev–Trinajstić information content (AvgIpc) is 2.84. The molecule has 2 heterocycles. The lowest BCUT2D eigenvalue weighted by molar-refractivity contribution is 0.720. The molecule has 0 amide bonds. The summed E-state index contributed by atoms with van der Waals surface area (Å²) < 4.78 is 1.91. The number of aryl methyl sites for hydroxylation is 2. The van der Waals surface area contributed by atoms with Gasteiger partial charge in [-0.2, -0.15) is 5.10 Å². The van der Waals surface area contributed by atoms with Gasteiger partial charge in [-0.25, -0.2) is 14.6 Å². The largest absolute Gasteiger partial charge is 0.383 e. The highest BCUT2D eigenvalue weighted by Crippen LogP contribution is 2.22. The highest BCUT2D eigenvalue weighted by Gasteiger charge is 2.16. The maximum atomic E-state index is 6.04. The predicted molar refractivity (Wildman–Crippen MR) is 81.1 cm³/mol. The molecule has 0 fully saturated rings. The van der Waals surface area contributed by atoms with Gasteiger partial charge in [0.05, 0.1) is 5.69 Å². The van der Waals surface area contributed by atoms with Crippen molar-refractivity contribution in [2.24, 2.45) is 0 Å². The number of nitrogens with zero attached hydrogens (tertiary/aromatic N) is 4. The average molecular weight is 273 g/mol. The van der Waals surface area contributed by atoms with Crippen LogP contribution in [0.15, 0.2) is 6.07 Å². The van der Waals surface area contributed by atoms with Crippen molar-refractivity contribution in [3.63, 3.8) is 0 Å². The number of hydrogen-bond donors (Lipinski definition) is 1. The van der Waals surface area contributed by atoms with Crippen LogP contribution in [-0.2, 0) is 12.8 Å². The Morgan fingerprint density at radius 2 is 1.90 bits per heavy atom. The van der Waals surface area contributed by atoms with E-state index in [-0.39, 0.29) is 5.92 Å². The number of nitrogen functional groups attached to an aromatic ring is 1. The van der Waals surface area contributed by atoms with Crippen LogP contribution in [0.1, 0.15) is 56.4 Å². The summed E-state index contributed by atoms with van der Waals surface area (Å²) in [6.45, 7) is 10.3. The Morgan fingerprint density at radius 1 is 1.20 bits per heavy atom. The number of hydrogen-bond acceptors (Lipinski definition) is 4. The number of nitrogens with two attached hydrogens (primary N) is 1. The molecule has 0 aromatic carbocycles. The Bertz CT molecular complexity index is 613. The second kappa shape index (κ2) is 5.61. The van der Waals surface area contributed by atoms with Crippen LogP contribution in [0.3, 0.4) is 0 Å². The molecule has 20 heavy (non-hydrogen) atoms. The van der Waals surface area contributed by atoms with Crippen LogP contribution in [0, 0.1) is 6.92 Å². The lowest BCUT2D eigenvalue weighted by Crippen LogP contribution is -2.13. The molecule has 0 spiro atoms. The van der Waals surface area contributed by atoms with E-state index in [9.17, 15) is 0 Å². The fourth-order valence-corrected chi connectivity index (χ4v) is 2.09. The summed E-state index contributed by atoms with van der Waals surface area (Å²) in [6, 6.07) is 2.13. The molecule has 0 saturated carbocycles. The lowest BCUT2D eigenvalue weighted by Gasteiger charge is -2.13. The second-order valence-electron chi connectivity index (χ2n) is 5.32. The van der Waals surface area contributed by atoms with Gasteiger partial charge in [-0.05, 0) is 25.8 Å². The van der Waals surface area contributed by atoms with E-state index >= 15 is 0 Å². The van der Waals surface area contributed by atoms with E-state index in [4.69, 9.17) is 5.73 Å². The van der Waals surface area contributed by atoms with Gasteiger partial charge in [-0.1, -0.05) is 27.7 Å². The third kappa shape index (κ3) is 2.53. The van der Waals surface area contributed by atoms with E-state index in [1.54, 1.807) is 0 Å². The standard InChI is InChI=1S/C15H23N5/c1-6-11-8-12(7-2)20(19-11)15-10(5)13(16)17-14(18-15)9(3)4/h8-9H,6-7H2,1-5H3,(H2,16,17,18). The molecular formula is C15H23N5. The molecule has 0 aliphatic heterocycles. The minimum Gasteiger partial charge on any atom is -0.383 e. The van der Waals surface area contributed by atoms with E-state index in [0.717, 1.165) is 41.4 Å². The zero-order chi connectivity index (χ0) is 14.9. The Balaban J connectivity index is 2.65. The minimum absolute atomic E-state index is 0.239. The van der Waals surface area contributed by atoms with E-state index < -0.39 is 0 Å². The highest BCUT2D eigenvalue weighted by molar-refractivity contribution is 5.49. The molecule has 0 aliphatic carbocycles. The summed E-state index contributed by atoms with van der Waals surface area (Å²) >= 11 is 0. The van der Waals surface area contributed by atoms with Crippen molar-refractivity contribution in [1.82, 2.24) is 19.7 Å².